The fourth-order valence-corrected chi connectivity index (χ4v) is 2.21. The first-order chi connectivity index (χ1) is 9.26. The van der Waals surface area contributed by atoms with Gasteiger partial charge in [-0.3, -0.25) is 9.48 Å². The van der Waals surface area contributed by atoms with Gasteiger partial charge in [0.05, 0.1) is 24.7 Å². The second kappa shape index (κ2) is 5.15. The van der Waals surface area contributed by atoms with Crippen molar-refractivity contribution in [2.75, 3.05) is 6.54 Å². The zero-order valence-electron chi connectivity index (χ0n) is 11.9. The van der Waals surface area contributed by atoms with E-state index in [1.165, 1.54) is 4.90 Å². The summed E-state index contributed by atoms with van der Waals surface area (Å²) < 4.78 is 7.01. The molecule has 1 aromatic heterocycles. The quantitative estimate of drug-likeness (QED) is 0.891. The predicted molar refractivity (Wildman–Crippen MR) is 70.2 cm³/mol. The van der Waals surface area contributed by atoms with Gasteiger partial charge in [0.25, 0.3) is 0 Å². The lowest BCUT2D eigenvalue weighted by atomic mass is 10.1. The minimum Gasteiger partial charge on any atom is -0.481 e. The van der Waals surface area contributed by atoms with Crippen LogP contribution in [0.4, 0.5) is 4.79 Å². The Labute approximate surface area is 117 Å². The molecular weight excluding hydrogens is 262 g/mol. The number of aromatic nitrogens is 2. The molecule has 2 heterocycles. The molecule has 1 unspecified atom stereocenters. The third-order valence-electron chi connectivity index (χ3n) is 2.94. The molecule has 0 radical (unpaired) electrons. The number of carboxylic acid groups (broad SMARTS) is 1. The van der Waals surface area contributed by atoms with E-state index in [2.05, 4.69) is 5.10 Å². The van der Waals surface area contributed by atoms with Crippen molar-refractivity contribution in [2.45, 2.75) is 45.4 Å². The molecule has 110 valence electrons. The number of ether oxygens (including phenoxy) is 1. The number of hydrogen-bond donors (Lipinski definition) is 1. The van der Waals surface area contributed by atoms with Crippen molar-refractivity contribution in [2.24, 2.45) is 0 Å². The number of amides is 1. The van der Waals surface area contributed by atoms with Crippen LogP contribution in [0.5, 0.6) is 0 Å². The Balaban J connectivity index is 2.15. The summed E-state index contributed by atoms with van der Waals surface area (Å²) in [4.78, 5) is 24.6. The van der Waals surface area contributed by atoms with Crippen LogP contribution in [0.3, 0.4) is 0 Å². The van der Waals surface area contributed by atoms with Crippen LogP contribution in [0, 0.1) is 0 Å². The maximum Gasteiger partial charge on any atom is 0.410 e. The molecule has 0 saturated heterocycles. The standard InChI is InChI=1S/C13H19N3O4/c1-13(2,3)20-12(19)15-7-9-4-5-14-16(9)10(8-15)6-11(17)18/h4-5,10H,6-8H2,1-3H3,(H,17,18). The number of nitrogens with zero attached hydrogens (tertiary/aromatic N) is 3. The number of aliphatic carboxylic acids is 1. The zero-order valence-corrected chi connectivity index (χ0v) is 11.9. The van der Waals surface area contributed by atoms with Crippen molar-refractivity contribution in [3.63, 3.8) is 0 Å². The molecule has 7 heteroatoms. The molecule has 20 heavy (non-hydrogen) atoms. The van der Waals surface area contributed by atoms with E-state index in [9.17, 15) is 9.59 Å². The summed E-state index contributed by atoms with van der Waals surface area (Å²) in [6.45, 7) is 6.07. The van der Waals surface area contributed by atoms with Crippen LogP contribution in [-0.2, 0) is 16.1 Å². The van der Waals surface area contributed by atoms with Gasteiger partial charge < -0.3 is 14.7 Å². The summed E-state index contributed by atoms with van der Waals surface area (Å²) in [7, 11) is 0. The molecule has 0 fully saturated rings. The lowest BCUT2D eigenvalue weighted by Crippen LogP contribution is -2.44. The highest BCUT2D eigenvalue weighted by molar-refractivity contribution is 5.69. The van der Waals surface area contributed by atoms with Gasteiger partial charge >= 0.3 is 12.1 Å². The molecule has 0 saturated carbocycles. The summed E-state index contributed by atoms with van der Waals surface area (Å²) in [5.41, 5.74) is 0.241. The third-order valence-corrected chi connectivity index (χ3v) is 2.94. The van der Waals surface area contributed by atoms with E-state index in [1.807, 2.05) is 0 Å². The first-order valence-corrected chi connectivity index (χ1v) is 6.48. The number of carbonyl (C=O) groups is 2. The van der Waals surface area contributed by atoms with E-state index in [4.69, 9.17) is 9.84 Å². The number of hydrogen-bond acceptors (Lipinski definition) is 4. The molecule has 1 amide bonds. The number of rotatable bonds is 2. The van der Waals surface area contributed by atoms with Crippen LogP contribution in [0.15, 0.2) is 12.3 Å². The van der Waals surface area contributed by atoms with Crippen LogP contribution in [-0.4, -0.2) is 44.0 Å². The molecule has 1 N–H and O–H groups in total. The minimum atomic E-state index is -0.914. The smallest absolute Gasteiger partial charge is 0.410 e. The predicted octanol–water partition coefficient (Wildman–Crippen LogP) is 1.65. The van der Waals surface area contributed by atoms with E-state index < -0.39 is 17.7 Å². The monoisotopic (exact) mass is 281 g/mol. The molecular formula is C13H19N3O4. The fourth-order valence-electron chi connectivity index (χ4n) is 2.21. The Hall–Kier alpha value is -2.05. The largest absolute Gasteiger partial charge is 0.481 e. The highest BCUT2D eigenvalue weighted by atomic mass is 16.6. The first-order valence-electron chi connectivity index (χ1n) is 6.48. The second-order valence-electron chi connectivity index (χ2n) is 5.88. The van der Waals surface area contributed by atoms with Gasteiger partial charge in [0.1, 0.15) is 5.60 Å². The average Bonchev–Trinajstić information content (AvgIpc) is 2.73. The van der Waals surface area contributed by atoms with Crippen molar-refractivity contribution in [1.82, 2.24) is 14.7 Å². The average molecular weight is 281 g/mol. The van der Waals surface area contributed by atoms with Crippen LogP contribution in [0.25, 0.3) is 0 Å². The molecule has 0 aromatic carbocycles. The Kier molecular flexibility index (Phi) is 3.69. The Bertz CT molecular complexity index is 518. The summed E-state index contributed by atoms with van der Waals surface area (Å²) in [6.07, 6.45) is 1.11. The molecule has 1 aliphatic heterocycles. The molecule has 1 aliphatic rings. The molecule has 1 aromatic rings. The highest BCUT2D eigenvalue weighted by Gasteiger charge is 2.32. The van der Waals surface area contributed by atoms with Crippen LogP contribution >= 0.6 is 0 Å². The van der Waals surface area contributed by atoms with Gasteiger partial charge in [0.15, 0.2) is 0 Å². The van der Waals surface area contributed by atoms with Gasteiger partial charge in [-0.15, -0.1) is 0 Å². The van der Waals surface area contributed by atoms with Crippen molar-refractivity contribution < 1.29 is 19.4 Å². The van der Waals surface area contributed by atoms with Crippen molar-refractivity contribution in [3.05, 3.63) is 18.0 Å². The van der Waals surface area contributed by atoms with Crippen LogP contribution in [0.1, 0.15) is 38.9 Å². The van der Waals surface area contributed by atoms with E-state index in [-0.39, 0.29) is 19.0 Å². The summed E-state index contributed by atoms with van der Waals surface area (Å²) >= 11 is 0. The van der Waals surface area contributed by atoms with Gasteiger partial charge in [-0.1, -0.05) is 0 Å². The van der Waals surface area contributed by atoms with E-state index in [0.29, 0.717) is 6.54 Å². The summed E-state index contributed by atoms with van der Waals surface area (Å²) in [5.74, 6) is -0.914. The maximum atomic E-state index is 12.1. The number of carboxylic acids is 1. The van der Waals surface area contributed by atoms with E-state index in [1.54, 1.807) is 37.7 Å². The molecule has 0 aliphatic carbocycles. The molecule has 0 spiro atoms. The summed E-state index contributed by atoms with van der Waals surface area (Å²) in [6, 6.07) is 1.42. The van der Waals surface area contributed by atoms with Gasteiger partial charge in [-0.2, -0.15) is 5.10 Å². The maximum absolute atomic E-state index is 12.1. The summed E-state index contributed by atoms with van der Waals surface area (Å²) in [5, 5.41) is 13.1. The minimum absolute atomic E-state index is 0.0754. The Morgan fingerprint density at radius 2 is 2.20 bits per heavy atom. The number of fused-ring (bicyclic) bond motifs is 1. The fraction of sp³-hybridized carbons (Fsp3) is 0.615. The first kappa shape index (κ1) is 14.4. The zero-order chi connectivity index (χ0) is 14.9. The van der Waals surface area contributed by atoms with E-state index in [0.717, 1.165) is 5.69 Å². The van der Waals surface area contributed by atoms with Gasteiger partial charge in [-0.25, -0.2) is 4.79 Å². The van der Waals surface area contributed by atoms with Gasteiger partial charge in [0, 0.05) is 12.7 Å². The van der Waals surface area contributed by atoms with Crippen molar-refractivity contribution in [1.29, 1.82) is 0 Å². The molecule has 2 rings (SSSR count). The Morgan fingerprint density at radius 3 is 2.80 bits per heavy atom. The molecule has 7 nitrogen and oxygen atoms in total. The molecule has 0 bridgehead atoms. The van der Waals surface area contributed by atoms with Gasteiger partial charge in [0.2, 0.25) is 0 Å². The number of carbonyl (C=O) groups excluding carboxylic acids is 1. The molecule has 1 atom stereocenters. The third kappa shape index (κ3) is 3.28. The van der Waals surface area contributed by atoms with Crippen molar-refractivity contribution >= 4 is 12.1 Å². The van der Waals surface area contributed by atoms with Crippen LogP contribution in [0.2, 0.25) is 0 Å². The van der Waals surface area contributed by atoms with Gasteiger partial charge in [-0.05, 0) is 26.8 Å². The topological polar surface area (TPSA) is 84.7 Å². The van der Waals surface area contributed by atoms with E-state index >= 15 is 0 Å². The van der Waals surface area contributed by atoms with Crippen molar-refractivity contribution in [3.8, 4) is 0 Å². The highest BCUT2D eigenvalue weighted by Crippen LogP contribution is 2.24. The second-order valence-corrected chi connectivity index (χ2v) is 5.88. The SMILES string of the molecule is CC(C)(C)OC(=O)N1Cc2ccnn2C(CC(=O)O)C1. The van der Waals surface area contributed by atoms with Crippen LogP contribution < -0.4 is 0 Å². The normalized spacial score (nSPS) is 18.6. The Morgan fingerprint density at radius 1 is 1.50 bits per heavy atom. The lowest BCUT2D eigenvalue weighted by Gasteiger charge is -2.34. The lowest BCUT2D eigenvalue weighted by molar-refractivity contribution is -0.138.